The normalized spacial score (nSPS) is 34.7. The van der Waals surface area contributed by atoms with Gasteiger partial charge in [0.1, 0.15) is 0 Å². The van der Waals surface area contributed by atoms with Crippen molar-refractivity contribution in [3.63, 3.8) is 0 Å². The summed E-state index contributed by atoms with van der Waals surface area (Å²) in [6.07, 6.45) is 11.2. The van der Waals surface area contributed by atoms with Crippen molar-refractivity contribution in [2.24, 2.45) is 17.8 Å². The largest absolute Gasteiger partial charge is 0.393 e. The second kappa shape index (κ2) is 7.90. The van der Waals surface area contributed by atoms with E-state index >= 15 is 0 Å². The number of allylic oxidation sites excluding steroid dienone is 2. The molecule has 0 spiro atoms. The van der Waals surface area contributed by atoms with Gasteiger partial charge < -0.3 is 14.6 Å². The van der Waals surface area contributed by atoms with Crippen LogP contribution in [0.1, 0.15) is 38.5 Å². The molecule has 3 rings (SSSR count). The zero-order chi connectivity index (χ0) is 12.4. The minimum atomic E-state index is -0.102. The third-order valence-electron chi connectivity index (χ3n) is 4.71. The Bertz CT molecular complexity index is 302. The number of ether oxygens (including phenoxy) is 2. The van der Waals surface area contributed by atoms with Gasteiger partial charge in [-0.3, -0.25) is 0 Å². The van der Waals surface area contributed by atoms with Crippen molar-refractivity contribution in [1.29, 1.82) is 0 Å². The maximum Gasteiger partial charge on any atom is 0.157 e. The molecule has 4 unspecified atom stereocenters. The van der Waals surface area contributed by atoms with Gasteiger partial charge in [0.25, 0.3) is 0 Å². The average Bonchev–Trinajstić information content (AvgIpc) is 3.10. The molecular formula is C15H24AcO3. The van der Waals surface area contributed by atoms with Crippen molar-refractivity contribution in [2.75, 3.05) is 13.2 Å². The van der Waals surface area contributed by atoms with Crippen LogP contribution in [0, 0.1) is 61.8 Å². The summed E-state index contributed by atoms with van der Waals surface area (Å²) >= 11 is 0. The summed E-state index contributed by atoms with van der Waals surface area (Å²) in [5.41, 5.74) is 0. The van der Waals surface area contributed by atoms with Gasteiger partial charge in [0.15, 0.2) is 6.29 Å². The van der Waals surface area contributed by atoms with E-state index in [-0.39, 0.29) is 56.5 Å². The van der Waals surface area contributed by atoms with Crippen LogP contribution in [0.15, 0.2) is 12.2 Å². The summed E-state index contributed by atoms with van der Waals surface area (Å²) in [6, 6.07) is 0. The molecule has 2 fully saturated rings. The van der Waals surface area contributed by atoms with Gasteiger partial charge in [-0.25, -0.2) is 0 Å². The first kappa shape index (κ1) is 16.4. The van der Waals surface area contributed by atoms with Crippen molar-refractivity contribution in [1.82, 2.24) is 0 Å². The van der Waals surface area contributed by atoms with Gasteiger partial charge in [0.2, 0.25) is 0 Å². The number of aliphatic hydroxyl groups is 1. The number of fused-ring (bicyclic) bond motifs is 2. The molecule has 2 bridgehead atoms. The Kier molecular flexibility index (Phi) is 6.83. The van der Waals surface area contributed by atoms with Crippen LogP contribution >= 0.6 is 0 Å². The predicted octanol–water partition coefficient (Wildman–Crippen LogP) is 2.49. The molecule has 2 aliphatic carbocycles. The number of unbranched alkanes of at least 4 members (excludes halogenated alkanes) is 1. The third kappa shape index (κ3) is 4.27. The van der Waals surface area contributed by atoms with Crippen molar-refractivity contribution >= 4 is 0 Å². The zero-order valence-corrected chi connectivity index (χ0v) is 16.3. The molecule has 0 amide bonds. The fourth-order valence-electron chi connectivity index (χ4n) is 3.72. The molecule has 1 N–H and O–H groups in total. The molecule has 1 aliphatic heterocycles. The smallest absolute Gasteiger partial charge is 0.157 e. The second-order valence-electron chi connectivity index (χ2n) is 5.97. The van der Waals surface area contributed by atoms with E-state index in [0.29, 0.717) is 11.8 Å². The first-order valence-electron chi connectivity index (χ1n) is 7.42. The molecule has 0 aromatic carbocycles. The van der Waals surface area contributed by atoms with Gasteiger partial charge in [-0.1, -0.05) is 18.6 Å². The summed E-state index contributed by atoms with van der Waals surface area (Å²) in [5.74, 6) is 1.94. The van der Waals surface area contributed by atoms with Crippen LogP contribution in [0.5, 0.6) is 0 Å². The molecule has 0 aromatic rings. The topological polar surface area (TPSA) is 38.7 Å². The van der Waals surface area contributed by atoms with E-state index < -0.39 is 0 Å². The Morgan fingerprint density at radius 1 is 1.11 bits per heavy atom. The first-order chi connectivity index (χ1) is 8.83. The Hall–Kier alpha value is 1.06. The molecule has 105 valence electrons. The SMILES string of the molecule is OC(CCCCC1OCCO1)C1CC2C=CC1C2.[Ac]. The van der Waals surface area contributed by atoms with Gasteiger partial charge in [-0.2, -0.15) is 0 Å². The predicted molar refractivity (Wildman–Crippen MR) is 69.0 cm³/mol. The minimum absolute atomic E-state index is 0. The first-order valence-corrected chi connectivity index (χ1v) is 7.42. The number of hydrogen-bond acceptors (Lipinski definition) is 3. The molecule has 19 heavy (non-hydrogen) atoms. The summed E-state index contributed by atoms with van der Waals surface area (Å²) in [7, 11) is 0. The van der Waals surface area contributed by atoms with Crippen molar-refractivity contribution in [3.8, 4) is 0 Å². The number of aliphatic hydroxyl groups excluding tert-OH is 1. The average molecular weight is 479 g/mol. The second-order valence-corrected chi connectivity index (χ2v) is 5.97. The molecule has 4 heteroatoms. The third-order valence-corrected chi connectivity index (χ3v) is 4.71. The van der Waals surface area contributed by atoms with Crippen LogP contribution in [0.3, 0.4) is 0 Å². The van der Waals surface area contributed by atoms with Gasteiger partial charge in [0.05, 0.1) is 19.3 Å². The van der Waals surface area contributed by atoms with Gasteiger partial charge in [-0.05, 0) is 49.9 Å². The molecule has 3 aliphatic rings. The molecular weight excluding hydrogens is 455 g/mol. The number of hydrogen-bond donors (Lipinski definition) is 1. The summed E-state index contributed by atoms with van der Waals surface area (Å²) in [4.78, 5) is 0. The van der Waals surface area contributed by atoms with Crippen LogP contribution in [0.4, 0.5) is 0 Å². The van der Waals surface area contributed by atoms with Crippen molar-refractivity contribution < 1.29 is 58.6 Å². The van der Waals surface area contributed by atoms with E-state index in [0.717, 1.165) is 44.8 Å². The molecule has 0 aromatic heterocycles. The fraction of sp³-hybridized carbons (Fsp3) is 0.867. The van der Waals surface area contributed by atoms with Crippen molar-refractivity contribution in [3.05, 3.63) is 12.2 Å². The van der Waals surface area contributed by atoms with Crippen LogP contribution in [-0.4, -0.2) is 30.7 Å². The van der Waals surface area contributed by atoms with E-state index in [4.69, 9.17) is 9.47 Å². The summed E-state index contributed by atoms with van der Waals surface area (Å²) in [5, 5.41) is 10.3. The van der Waals surface area contributed by atoms with Crippen LogP contribution in [-0.2, 0) is 9.47 Å². The Morgan fingerprint density at radius 2 is 1.89 bits per heavy atom. The quantitative estimate of drug-likeness (QED) is 0.470. The van der Waals surface area contributed by atoms with Crippen molar-refractivity contribution in [2.45, 2.75) is 50.9 Å². The maximum atomic E-state index is 10.3. The maximum absolute atomic E-state index is 10.3. The van der Waals surface area contributed by atoms with E-state index in [9.17, 15) is 5.11 Å². The molecule has 1 heterocycles. The molecule has 3 nitrogen and oxygen atoms in total. The van der Waals surface area contributed by atoms with E-state index in [2.05, 4.69) is 12.2 Å². The van der Waals surface area contributed by atoms with E-state index in [1.54, 1.807) is 0 Å². The zero-order valence-electron chi connectivity index (χ0n) is 11.5. The standard InChI is InChI=1S/C15H24O3.Ac/c16-14(13-10-11-5-6-12(13)9-11)3-1-2-4-15-17-7-8-18-15;/h5-6,11-16H,1-4,7-10H2;. The molecule has 4 atom stereocenters. The molecule has 1 radical (unpaired) electrons. The van der Waals surface area contributed by atoms with Gasteiger partial charge in [0, 0.05) is 44.1 Å². The van der Waals surface area contributed by atoms with E-state index in [1.165, 1.54) is 12.8 Å². The summed E-state index contributed by atoms with van der Waals surface area (Å²) in [6.45, 7) is 1.48. The minimum Gasteiger partial charge on any atom is -0.393 e. The Balaban J connectivity index is 0.00000133. The van der Waals surface area contributed by atoms with Crippen LogP contribution in [0.2, 0.25) is 0 Å². The fourth-order valence-corrected chi connectivity index (χ4v) is 3.72. The van der Waals surface area contributed by atoms with Gasteiger partial charge in [-0.15, -0.1) is 0 Å². The van der Waals surface area contributed by atoms with Gasteiger partial charge >= 0.3 is 0 Å². The van der Waals surface area contributed by atoms with Crippen LogP contribution in [0.25, 0.3) is 0 Å². The molecule has 1 saturated carbocycles. The van der Waals surface area contributed by atoms with Crippen LogP contribution < -0.4 is 0 Å². The Labute approximate surface area is 151 Å². The monoisotopic (exact) mass is 479 g/mol. The number of rotatable bonds is 6. The molecule has 1 saturated heterocycles. The summed E-state index contributed by atoms with van der Waals surface area (Å²) < 4.78 is 10.8. The van der Waals surface area contributed by atoms with E-state index in [1.807, 2.05) is 0 Å². The Morgan fingerprint density at radius 3 is 2.53 bits per heavy atom.